The molecular formula is C21H18N4O. The second kappa shape index (κ2) is 7.95. The van der Waals surface area contributed by atoms with Crippen molar-refractivity contribution >= 4 is 17.7 Å². The highest BCUT2D eigenvalue weighted by Crippen LogP contribution is 2.13. The normalized spacial score (nSPS) is 11.0. The largest absolute Gasteiger partial charge is 0.321 e. The van der Waals surface area contributed by atoms with Crippen LogP contribution in [0.5, 0.6) is 0 Å². The summed E-state index contributed by atoms with van der Waals surface area (Å²) in [5, 5.41) is 16.5. The third-order valence-electron chi connectivity index (χ3n) is 3.91. The molecular weight excluding hydrogens is 324 g/mol. The number of nitrogens with zero attached hydrogens (tertiary/aromatic N) is 3. The number of carbonyl (C=O) groups is 1. The van der Waals surface area contributed by atoms with Crippen molar-refractivity contribution in [2.45, 2.75) is 13.3 Å². The summed E-state index contributed by atoms with van der Waals surface area (Å²) in [6, 6.07) is 20.9. The predicted molar refractivity (Wildman–Crippen MR) is 102 cm³/mol. The van der Waals surface area contributed by atoms with Gasteiger partial charge in [0.2, 0.25) is 0 Å². The van der Waals surface area contributed by atoms with E-state index in [9.17, 15) is 10.1 Å². The monoisotopic (exact) mass is 342 g/mol. The van der Waals surface area contributed by atoms with Crippen molar-refractivity contribution in [3.8, 4) is 11.8 Å². The number of para-hydroxylation sites is 1. The summed E-state index contributed by atoms with van der Waals surface area (Å²) in [5.74, 6) is -0.453. The van der Waals surface area contributed by atoms with Crippen molar-refractivity contribution in [3.63, 3.8) is 0 Å². The van der Waals surface area contributed by atoms with Gasteiger partial charge in [-0.3, -0.25) is 4.79 Å². The van der Waals surface area contributed by atoms with E-state index >= 15 is 0 Å². The number of anilines is 1. The molecule has 0 aliphatic rings. The SMILES string of the molecule is CCc1ccc(NC(=O)/C(C#N)=C/c2ccn(-c3ccccc3)n2)cc1. The van der Waals surface area contributed by atoms with Gasteiger partial charge in [0.25, 0.3) is 5.91 Å². The van der Waals surface area contributed by atoms with E-state index in [4.69, 9.17) is 0 Å². The van der Waals surface area contributed by atoms with Crippen LogP contribution in [0.15, 0.2) is 72.4 Å². The van der Waals surface area contributed by atoms with E-state index in [0.29, 0.717) is 11.4 Å². The molecule has 0 aliphatic carbocycles. The lowest BCUT2D eigenvalue weighted by Gasteiger charge is -2.05. The zero-order valence-electron chi connectivity index (χ0n) is 14.4. The molecule has 1 heterocycles. The molecule has 0 atom stereocenters. The van der Waals surface area contributed by atoms with Gasteiger partial charge in [0, 0.05) is 11.9 Å². The highest BCUT2D eigenvalue weighted by atomic mass is 16.1. The molecule has 2 aromatic carbocycles. The summed E-state index contributed by atoms with van der Waals surface area (Å²) in [6.07, 6.45) is 4.20. The maximum absolute atomic E-state index is 12.3. The quantitative estimate of drug-likeness (QED) is 0.563. The lowest BCUT2D eigenvalue weighted by Crippen LogP contribution is -2.13. The maximum atomic E-state index is 12.3. The van der Waals surface area contributed by atoms with Crippen LogP contribution >= 0.6 is 0 Å². The fourth-order valence-electron chi connectivity index (χ4n) is 2.46. The third-order valence-corrected chi connectivity index (χ3v) is 3.91. The van der Waals surface area contributed by atoms with Crippen molar-refractivity contribution in [3.05, 3.63) is 83.7 Å². The summed E-state index contributed by atoms with van der Waals surface area (Å²) >= 11 is 0. The molecule has 0 spiro atoms. The summed E-state index contributed by atoms with van der Waals surface area (Å²) in [6.45, 7) is 2.07. The van der Waals surface area contributed by atoms with Gasteiger partial charge in [-0.05, 0) is 48.4 Å². The predicted octanol–water partition coefficient (Wildman–Crippen LogP) is 3.98. The average molecular weight is 342 g/mol. The van der Waals surface area contributed by atoms with Crippen molar-refractivity contribution in [1.82, 2.24) is 9.78 Å². The zero-order valence-corrected chi connectivity index (χ0v) is 14.4. The highest BCUT2D eigenvalue weighted by Gasteiger charge is 2.10. The fraction of sp³-hybridized carbons (Fsp3) is 0.0952. The Morgan fingerprint density at radius 1 is 1.15 bits per heavy atom. The molecule has 1 aromatic heterocycles. The number of carbonyl (C=O) groups excluding carboxylic acids is 1. The van der Waals surface area contributed by atoms with Crippen LogP contribution in [-0.4, -0.2) is 15.7 Å². The minimum Gasteiger partial charge on any atom is -0.321 e. The number of amides is 1. The first-order valence-electron chi connectivity index (χ1n) is 8.33. The first-order chi connectivity index (χ1) is 12.7. The van der Waals surface area contributed by atoms with Gasteiger partial charge in [0.05, 0.1) is 11.4 Å². The molecule has 0 unspecified atom stereocenters. The third kappa shape index (κ3) is 4.05. The van der Waals surface area contributed by atoms with Crippen molar-refractivity contribution in [2.75, 3.05) is 5.32 Å². The van der Waals surface area contributed by atoms with Gasteiger partial charge in [-0.1, -0.05) is 37.3 Å². The molecule has 1 N–H and O–H groups in total. The highest BCUT2D eigenvalue weighted by molar-refractivity contribution is 6.09. The van der Waals surface area contributed by atoms with Gasteiger partial charge < -0.3 is 5.32 Å². The summed E-state index contributed by atoms with van der Waals surface area (Å²) < 4.78 is 1.70. The van der Waals surface area contributed by atoms with Crippen LogP contribution < -0.4 is 5.32 Å². The number of nitriles is 1. The van der Waals surface area contributed by atoms with E-state index in [2.05, 4.69) is 17.3 Å². The second-order valence-corrected chi connectivity index (χ2v) is 5.70. The average Bonchev–Trinajstić information content (AvgIpc) is 3.16. The van der Waals surface area contributed by atoms with Gasteiger partial charge in [0.1, 0.15) is 11.6 Å². The molecule has 3 aromatic rings. The number of benzene rings is 2. The Hall–Kier alpha value is -3.65. The topological polar surface area (TPSA) is 70.7 Å². The molecule has 1 amide bonds. The summed E-state index contributed by atoms with van der Waals surface area (Å²) in [4.78, 5) is 12.3. The fourth-order valence-corrected chi connectivity index (χ4v) is 2.46. The van der Waals surface area contributed by atoms with Crippen LogP contribution in [0.25, 0.3) is 11.8 Å². The summed E-state index contributed by atoms with van der Waals surface area (Å²) in [5.41, 5.74) is 3.30. The first kappa shape index (κ1) is 17.2. The smallest absolute Gasteiger partial charge is 0.266 e. The number of nitrogens with one attached hydrogen (secondary N) is 1. The minimum absolute atomic E-state index is 0.00267. The number of rotatable bonds is 5. The molecule has 128 valence electrons. The van der Waals surface area contributed by atoms with Crippen molar-refractivity contribution in [1.29, 1.82) is 5.26 Å². The Balaban J connectivity index is 1.76. The van der Waals surface area contributed by atoms with Crippen LogP contribution in [0.3, 0.4) is 0 Å². The number of aryl methyl sites for hydroxylation is 1. The Kier molecular flexibility index (Phi) is 5.25. The van der Waals surface area contributed by atoms with E-state index in [1.54, 1.807) is 16.9 Å². The van der Waals surface area contributed by atoms with Gasteiger partial charge in [-0.15, -0.1) is 0 Å². The van der Waals surface area contributed by atoms with Crippen LogP contribution in [0, 0.1) is 11.3 Å². The molecule has 5 heteroatoms. The van der Waals surface area contributed by atoms with E-state index in [1.165, 1.54) is 11.6 Å². The van der Waals surface area contributed by atoms with Gasteiger partial charge >= 0.3 is 0 Å². The van der Waals surface area contributed by atoms with E-state index in [0.717, 1.165) is 12.1 Å². The van der Waals surface area contributed by atoms with E-state index in [-0.39, 0.29) is 5.57 Å². The molecule has 26 heavy (non-hydrogen) atoms. The van der Waals surface area contributed by atoms with Crippen LogP contribution in [0.1, 0.15) is 18.2 Å². The molecule has 0 aliphatic heterocycles. The lowest BCUT2D eigenvalue weighted by atomic mass is 10.1. The zero-order chi connectivity index (χ0) is 18.4. The van der Waals surface area contributed by atoms with Crippen molar-refractivity contribution in [2.24, 2.45) is 0 Å². The lowest BCUT2D eigenvalue weighted by molar-refractivity contribution is -0.112. The van der Waals surface area contributed by atoms with Crippen molar-refractivity contribution < 1.29 is 4.79 Å². The standard InChI is InChI=1S/C21H18N4O/c1-2-16-8-10-18(11-9-16)23-21(26)17(15-22)14-19-12-13-25(24-19)20-6-4-3-5-7-20/h3-14H,2H2,1H3,(H,23,26)/b17-14+. The number of hydrogen-bond acceptors (Lipinski definition) is 3. The van der Waals surface area contributed by atoms with Crippen LogP contribution in [0.4, 0.5) is 5.69 Å². The molecule has 0 saturated carbocycles. The second-order valence-electron chi connectivity index (χ2n) is 5.70. The molecule has 0 radical (unpaired) electrons. The Morgan fingerprint density at radius 2 is 1.88 bits per heavy atom. The van der Waals surface area contributed by atoms with E-state index in [1.807, 2.05) is 60.7 Å². The number of aromatic nitrogens is 2. The first-order valence-corrected chi connectivity index (χ1v) is 8.33. The van der Waals surface area contributed by atoms with E-state index < -0.39 is 5.91 Å². The molecule has 0 bridgehead atoms. The van der Waals surface area contributed by atoms with Gasteiger partial charge in [-0.25, -0.2) is 4.68 Å². The molecule has 3 rings (SSSR count). The molecule has 0 saturated heterocycles. The van der Waals surface area contributed by atoms with Crippen LogP contribution in [0.2, 0.25) is 0 Å². The van der Waals surface area contributed by atoms with Crippen LogP contribution in [-0.2, 0) is 11.2 Å². The minimum atomic E-state index is -0.453. The number of hydrogen-bond donors (Lipinski definition) is 1. The summed E-state index contributed by atoms with van der Waals surface area (Å²) in [7, 11) is 0. The van der Waals surface area contributed by atoms with Gasteiger partial charge in [0.15, 0.2) is 0 Å². The molecule has 0 fully saturated rings. The Morgan fingerprint density at radius 3 is 2.54 bits per heavy atom. The maximum Gasteiger partial charge on any atom is 0.266 e. The Labute approximate surface area is 152 Å². The van der Waals surface area contributed by atoms with Gasteiger partial charge in [-0.2, -0.15) is 10.4 Å². The Bertz CT molecular complexity index is 963. The molecule has 5 nitrogen and oxygen atoms in total.